The Morgan fingerprint density at radius 2 is 2.03 bits per heavy atom. The molecule has 0 aliphatic rings. The smallest absolute Gasteiger partial charge is 0.262 e. The molecule has 1 amide bonds. The number of nitrogens with one attached hydrogen (secondary N) is 1. The van der Waals surface area contributed by atoms with Gasteiger partial charge in [-0.2, -0.15) is 0 Å². The number of hydrogen-bond acceptors (Lipinski definition) is 5. The van der Waals surface area contributed by atoms with E-state index in [4.69, 9.17) is 16.0 Å². The van der Waals surface area contributed by atoms with Gasteiger partial charge in [-0.15, -0.1) is 0 Å². The van der Waals surface area contributed by atoms with Crippen LogP contribution in [0.25, 0.3) is 10.9 Å². The highest BCUT2D eigenvalue weighted by molar-refractivity contribution is 7.99. The van der Waals surface area contributed by atoms with Crippen LogP contribution in [0.1, 0.15) is 5.76 Å². The van der Waals surface area contributed by atoms with Crippen LogP contribution in [0.2, 0.25) is 5.02 Å². The van der Waals surface area contributed by atoms with E-state index in [0.29, 0.717) is 27.5 Å². The summed E-state index contributed by atoms with van der Waals surface area (Å²) in [5.74, 6) is -0.273. The second-order valence-corrected chi connectivity index (χ2v) is 7.69. The molecule has 0 spiro atoms. The third-order valence-electron chi connectivity index (χ3n) is 4.26. The summed E-state index contributed by atoms with van der Waals surface area (Å²) in [4.78, 5) is 29.9. The molecule has 0 saturated carbocycles. The molecule has 2 aromatic carbocycles. The van der Waals surface area contributed by atoms with Crippen LogP contribution in [-0.4, -0.2) is 21.2 Å². The maximum atomic E-state index is 13.2. The molecule has 0 radical (unpaired) electrons. The first kappa shape index (κ1) is 20.2. The Morgan fingerprint density at radius 3 is 2.80 bits per heavy atom. The number of aromatic nitrogens is 2. The standard InChI is InChI=1S/C21H15ClFN3O3S/c22-16-10-13(23)7-8-18(16)24-19(27)12-30-21-25-17-6-2-1-5-15(17)20(28)26(21)11-14-4-3-9-29-14/h1-10H,11-12H2,(H,24,27). The van der Waals surface area contributed by atoms with Gasteiger partial charge in [0.25, 0.3) is 5.56 Å². The number of para-hydroxylation sites is 1. The molecule has 1 N–H and O–H groups in total. The lowest BCUT2D eigenvalue weighted by Crippen LogP contribution is -2.24. The van der Waals surface area contributed by atoms with Gasteiger partial charge in [-0.05, 0) is 42.5 Å². The number of thioether (sulfide) groups is 1. The highest BCUT2D eigenvalue weighted by Gasteiger charge is 2.15. The van der Waals surface area contributed by atoms with Crippen molar-refractivity contribution < 1.29 is 13.6 Å². The summed E-state index contributed by atoms with van der Waals surface area (Å²) in [5, 5.41) is 3.60. The Hall–Kier alpha value is -3.10. The van der Waals surface area contributed by atoms with Crippen LogP contribution in [0.4, 0.5) is 10.1 Å². The zero-order valence-corrected chi connectivity index (χ0v) is 17.0. The predicted molar refractivity (Wildman–Crippen MR) is 115 cm³/mol. The SMILES string of the molecule is O=C(CSc1nc2ccccc2c(=O)n1Cc1ccco1)Nc1ccc(F)cc1Cl. The van der Waals surface area contributed by atoms with Crippen LogP contribution in [0.5, 0.6) is 0 Å². The second kappa shape index (κ2) is 8.73. The number of carbonyl (C=O) groups excluding carboxylic acids is 1. The Bertz CT molecular complexity index is 1270. The molecule has 0 fully saturated rings. The van der Waals surface area contributed by atoms with Crippen molar-refractivity contribution >= 4 is 45.9 Å². The lowest BCUT2D eigenvalue weighted by atomic mass is 10.2. The summed E-state index contributed by atoms with van der Waals surface area (Å²) in [6, 6.07) is 14.2. The minimum Gasteiger partial charge on any atom is -0.467 e. The molecule has 0 bridgehead atoms. The highest BCUT2D eigenvalue weighted by atomic mass is 35.5. The summed E-state index contributed by atoms with van der Waals surface area (Å²) in [6.45, 7) is 0.192. The van der Waals surface area contributed by atoms with Crippen molar-refractivity contribution in [2.24, 2.45) is 0 Å². The monoisotopic (exact) mass is 443 g/mol. The number of fused-ring (bicyclic) bond motifs is 1. The van der Waals surface area contributed by atoms with Gasteiger partial charge < -0.3 is 9.73 Å². The lowest BCUT2D eigenvalue weighted by Gasteiger charge is -2.12. The number of rotatable bonds is 6. The molecule has 0 atom stereocenters. The maximum absolute atomic E-state index is 13.2. The van der Waals surface area contributed by atoms with E-state index in [9.17, 15) is 14.0 Å². The van der Waals surface area contributed by atoms with E-state index in [-0.39, 0.29) is 28.8 Å². The van der Waals surface area contributed by atoms with Crippen molar-refractivity contribution in [3.8, 4) is 0 Å². The average Bonchev–Trinajstić information content (AvgIpc) is 3.24. The van der Waals surface area contributed by atoms with E-state index in [1.165, 1.54) is 23.0 Å². The van der Waals surface area contributed by atoms with Crippen molar-refractivity contribution in [1.82, 2.24) is 9.55 Å². The normalized spacial score (nSPS) is 11.0. The number of benzene rings is 2. The van der Waals surface area contributed by atoms with E-state index in [2.05, 4.69) is 10.3 Å². The Morgan fingerprint density at radius 1 is 1.20 bits per heavy atom. The first-order chi connectivity index (χ1) is 14.5. The summed E-state index contributed by atoms with van der Waals surface area (Å²) < 4.78 is 20.0. The number of halogens is 2. The Labute approximate surface area is 179 Å². The van der Waals surface area contributed by atoms with Crippen LogP contribution in [0.3, 0.4) is 0 Å². The van der Waals surface area contributed by atoms with Crippen molar-refractivity contribution in [1.29, 1.82) is 0 Å². The molecule has 2 aromatic heterocycles. The van der Waals surface area contributed by atoms with Gasteiger partial charge in [-0.25, -0.2) is 9.37 Å². The fourth-order valence-corrected chi connectivity index (χ4v) is 3.88. The molecule has 0 saturated heterocycles. The van der Waals surface area contributed by atoms with Crippen LogP contribution >= 0.6 is 23.4 Å². The lowest BCUT2D eigenvalue weighted by molar-refractivity contribution is -0.113. The van der Waals surface area contributed by atoms with E-state index in [0.717, 1.165) is 17.8 Å². The number of anilines is 1. The minimum atomic E-state index is -0.491. The van der Waals surface area contributed by atoms with Gasteiger partial charge >= 0.3 is 0 Å². The number of carbonyl (C=O) groups is 1. The molecule has 0 aliphatic carbocycles. The molecule has 30 heavy (non-hydrogen) atoms. The van der Waals surface area contributed by atoms with E-state index in [1.54, 1.807) is 36.4 Å². The van der Waals surface area contributed by atoms with Gasteiger partial charge in [0, 0.05) is 0 Å². The summed E-state index contributed by atoms with van der Waals surface area (Å²) in [7, 11) is 0. The molecule has 2 heterocycles. The Kier molecular flexibility index (Phi) is 5.87. The summed E-state index contributed by atoms with van der Waals surface area (Å²) in [5.41, 5.74) is 0.632. The molecule has 0 unspecified atom stereocenters. The van der Waals surface area contributed by atoms with Crippen LogP contribution in [-0.2, 0) is 11.3 Å². The first-order valence-electron chi connectivity index (χ1n) is 8.91. The molecular formula is C21H15ClFN3O3S. The predicted octanol–water partition coefficient (Wildman–Crippen LogP) is 4.56. The largest absolute Gasteiger partial charge is 0.467 e. The van der Waals surface area contributed by atoms with E-state index < -0.39 is 5.82 Å². The van der Waals surface area contributed by atoms with Crippen LogP contribution in [0, 0.1) is 5.82 Å². The fourth-order valence-electron chi connectivity index (χ4n) is 2.86. The van der Waals surface area contributed by atoms with Crippen LogP contribution < -0.4 is 10.9 Å². The number of hydrogen-bond donors (Lipinski definition) is 1. The van der Waals surface area contributed by atoms with Gasteiger partial charge in [0.1, 0.15) is 11.6 Å². The summed E-state index contributed by atoms with van der Waals surface area (Å²) >= 11 is 7.07. The van der Waals surface area contributed by atoms with Crippen molar-refractivity contribution in [3.63, 3.8) is 0 Å². The summed E-state index contributed by atoms with van der Waals surface area (Å²) in [6.07, 6.45) is 1.53. The average molecular weight is 444 g/mol. The van der Waals surface area contributed by atoms with Crippen molar-refractivity contribution in [2.45, 2.75) is 11.7 Å². The molecule has 4 rings (SSSR count). The molecule has 152 valence electrons. The van der Waals surface area contributed by atoms with E-state index in [1.807, 2.05) is 0 Å². The molecule has 9 heteroatoms. The number of furan rings is 1. The molecule has 0 aliphatic heterocycles. The van der Waals surface area contributed by atoms with Gasteiger partial charge in [0.2, 0.25) is 5.91 Å². The number of nitrogens with zero attached hydrogens (tertiary/aromatic N) is 2. The van der Waals surface area contributed by atoms with E-state index >= 15 is 0 Å². The second-order valence-electron chi connectivity index (χ2n) is 6.34. The third-order valence-corrected chi connectivity index (χ3v) is 5.55. The topological polar surface area (TPSA) is 77.1 Å². The van der Waals surface area contributed by atoms with Gasteiger partial charge in [0.15, 0.2) is 5.16 Å². The molecule has 4 aromatic rings. The Balaban J connectivity index is 1.59. The van der Waals surface area contributed by atoms with Crippen LogP contribution in [0.15, 0.2) is 75.2 Å². The van der Waals surface area contributed by atoms with Crippen molar-refractivity contribution in [3.05, 3.63) is 87.8 Å². The molecule has 6 nitrogen and oxygen atoms in total. The van der Waals surface area contributed by atoms with Gasteiger partial charge in [-0.3, -0.25) is 14.2 Å². The fraction of sp³-hybridized carbons (Fsp3) is 0.0952. The third kappa shape index (κ3) is 4.39. The minimum absolute atomic E-state index is 0.0172. The van der Waals surface area contributed by atoms with Gasteiger partial charge in [-0.1, -0.05) is 35.5 Å². The van der Waals surface area contributed by atoms with Crippen molar-refractivity contribution in [2.75, 3.05) is 11.1 Å². The highest BCUT2D eigenvalue weighted by Crippen LogP contribution is 2.24. The zero-order valence-electron chi connectivity index (χ0n) is 15.5. The molecular weight excluding hydrogens is 429 g/mol. The first-order valence-corrected chi connectivity index (χ1v) is 10.3. The number of amides is 1. The quantitative estimate of drug-likeness (QED) is 0.349. The maximum Gasteiger partial charge on any atom is 0.262 e. The van der Waals surface area contributed by atoms with Gasteiger partial charge in [0.05, 0.1) is 40.2 Å². The zero-order chi connectivity index (χ0) is 21.1.